The van der Waals surface area contributed by atoms with Crippen molar-refractivity contribution in [3.8, 4) is 11.5 Å². The first-order chi connectivity index (χ1) is 11.5. The standard InChI is InChI=1S/C14H12ClN3O5S/c1-21-11-7-10(12(22-2)6-8(11)15)18-24(19,20)13-5-3-4-9-14(13)17-23-16-9/h3-7,18H,1-2H3. The van der Waals surface area contributed by atoms with Crippen molar-refractivity contribution in [1.29, 1.82) is 0 Å². The first-order valence-corrected chi connectivity index (χ1v) is 8.48. The van der Waals surface area contributed by atoms with Gasteiger partial charge in [-0.2, -0.15) is 0 Å². The van der Waals surface area contributed by atoms with Gasteiger partial charge in [0.1, 0.15) is 21.9 Å². The van der Waals surface area contributed by atoms with Crippen molar-refractivity contribution in [3.63, 3.8) is 0 Å². The summed E-state index contributed by atoms with van der Waals surface area (Å²) in [6, 6.07) is 7.42. The molecule has 0 fully saturated rings. The van der Waals surface area contributed by atoms with E-state index in [0.29, 0.717) is 16.3 Å². The van der Waals surface area contributed by atoms with Gasteiger partial charge in [0, 0.05) is 12.1 Å². The van der Waals surface area contributed by atoms with E-state index in [2.05, 4.69) is 19.7 Å². The third kappa shape index (κ3) is 2.83. The van der Waals surface area contributed by atoms with Crippen LogP contribution in [0.25, 0.3) is 11.0 Å². The summed E-state index contributed by atoms with van der Waals surface area (Å²) < 4.78 is 42.7. The van der Waals surface area contributed by atoms with E-state index >= 15 is 0 Å². The molecule has 10 heteroatoms. The van der Waals surface area contributed by atoms with E-state index in [1.807, 2.05) is 0 Å². The van der Waals surface area contributed by atoms with Gasteiger partial charge in [0.25, 0.3) is 10.0 Å². The molecule has 0 aliphatic carbocycles. The number of halogens is 1. The lowest BCUT2D eigenvalue weighted by Crippen LogP contribution is -2.14. The van der Waals surface area contributed by atoms with Gasteiger partial charge in [-0.1, -0.05) is 17.7 Å². The number of fused-ring (bicyclic) bond motifs is 1. The van der Waals surface area contributed by atoms with Crippen LogP contribution in [0.3, 0.4) is 0 Å². The Hall–Kier alpha value is -2.52. The molecule has 0 radical (unpaired) electrons. The average molecular weight is 370 g/mol. The molecule has 0 atom stereocenters. The van der Waals surface area contributed by atoms with E-state index in [1.165, 1.54) is 32.4 Å². The fraction of sp³-hybridized carbons (Fsp3) is 0.143. The number of ether oxygens (including phenoxy) is 2. The summed E-state index contributed by atoms with van der Waals surface area (Å²) in [5, 5.41) is 7.56. The zero-order chi connectivity index (χ0) is 17.3. The molecule has 1 N–H and O–H groups in total. The quantitative estimate of drug-likeness (QED) is 0.737. The van der Waals surface area contributed by atoms with Gasteiger partial charge in [0.05, 0.1) is 24.9 Å². The van der Waals surface area contributed by atoms with Crippen molar-refractivity contribution >= 4 is 38.3 Å². The van der Waals surface area contributed by atoms with Crippen LogP contribution in [0.4, 0.5) is 5.69 Å². The first kappa shape index (κ1) is 16.3. The maximum Gasteiger partial charge on any atom is 0.264 e. The summed E-state index contributed by atoms with van der Waals surface area (Å²) in [4.78, 5) is -0.0720. The SMILES string of the molecule is COc1cc(NS(=O)(=O)c2cccc3nonc23)c(OC)cc1Cl. The van der Waals surface area contributed by atoms with E-state index in [4.69, 9.17) is 21.1 Å². The molecule has 0 aliphatic heterocycles. The van der Waals surface area contributed by atoms with Gasteiger partial charge in [-0.05, 0) is 22.4 Å². The highest BCUT2D eigenvalue weighted by molar-refractivity contribution is 7.93. The Balaban J connectivity index is 2.08. The normalized spacial score (nSPS) is 11.5. The minimum absolute atomic E-state index is 0.0720. The topological polar surface area (TPSA) is 104 Å². The molecule has 0 spiro atoms. The summed E-state index contributed by atoms with van der Waals surface area (Å²) in [7, 11) is -1.15. The van der Waals surface area contributed by atoms with Crippen LogP contribution < -0.4 is 14.2 Å². The minimum Gasteiger partial charge on any atom is -0.495 e. The number of nitrogens with one attached hydrogen (secondary N) is 1. The van der Waals surface area contributed by atoms with E-state index in [1.54, 1.807) is 12.1 Å². The van der Waals surface area contributed by atoms with Gasteiger partial charge in [0.15, 0.2) is 5.52 Å². The van der Waals surface area contributed by atoms with E-state index in [0.717, 1.165) is 0 Å². The fourth-order valence-electron chi connectivity index (χ4n) is 2.14. The maximum atomic E-state index is 12.7. The average Bonchev–Trinajstić information content (AvgIpc) is 3.04. The van der Waals surface area contributed by atoms with Crippen molar-refractivity contribution in [1.82, 2.24) is 10.3 Å². The first-order valence-electron chi connectivity index (χ1n) is 6.62. The Labute approximate surface area is 142 Å². The predicted octanol–water partition coefficient (Wildman–Crippen LogP) is 2.69. The second-order valence-electron chi connectivity index (χ2n) is 4.68. The highest BCUT2D eigenvalue weighted by atomic mass is 35.5. The van der Waals surface area contributed by atoms with Crippen LogP contribution in [0.5, 0.6) is 11.5 Å². The highest BCUT2D eigenvalue weighted by Gasteiger charge is 2.22. The Morgan fingerprint density at radius 2 is 1.88 bits per heavy atom. The van der Waals surface area contributed by atoms with E-state index in [-0.39, 0.29) is 21.8 Å². The van der Waals surface area contributed by atoms with Crippen molar-refractivity contribution < 1.29 is 22.5 Å². The second kappa shape index (κ2) is 6.17. The van der Waals surface area contributed by atoms with Crippen LogP contribution in [-0.4, -0.2) is 33.0 Å². The molecular formula is C14H12ClN3O5S. The zero-order valence-corrected chi connectivity index (χ0v) is 14.2. The summed E-state index contributed by atoms with van der Waals surface area (Å²) in [6.45, 7) is 0. The van der Waals surface area contributed by atoms with Crippen LogP contribution in [-0.2, 0) is 10.0 Å². The van der Waals surface area contributed by atoms with Crippen LogP contribution in [0.2, 0.25) is 5.02 Å². The summed E-state index contributed by atoms with van der Waals surface area (Å²) in [5.41, 5.74) is 0.635. The molecule has 126 valence electrons. The molecule has 0 saturated carbocycles. The third-order valence-electron chi connectivity index (χ3n) is 3.26. The smallest absolute Gasteiger partial charge is 0.264 e. The monoisotopic (exact) mass is 369 g/mol. The molecule has 3 aromatic rings. The number of methoxy groups -OCH3 is 2. The van der Waals surface area contributed by atoms with E-state index in [9.17, 15) is 8.42 Å². The molecule has 24 heavy (non-hydrogen) atoms. The largest absolute Gasteiger partial charge is 0.495 e. The van der Waals surface area contributed by atoms with E-state index < -0.39 is 10.0 Å². The molecule has 0 aliphatic rings. The number of anilines is 1. The fourth-order valence-corrected chi connectivity index (χ4v) is 3.58. The van der Waals surface area contributed by atoms with Gasteiger partial charge in [-0.15, -0.1) is 0 Å². The lowest BCUT2D eigenvalue weighted by atomic mass is 10.3. The predicted molar refractivity (Wildman–Crippen MR) is 87.2 cm³/mol. The Morgan fingerprint density at radius 1 is 1.12 bits per heavy atom. The molecule has 3 rings (SSSR count). The molecule has 2 aromatic carbocycles. The molecule has 8 nitrogen and oxygen atoms in total. The number of benzene rings is 2. The number of nitrogens with zero attached hydrogens (tertiary/aromatic N) is 2. The van der Waals surface area contributed by atoms with Crippen LogP contribution in [0.1, 0.15) is 0 Å². The Kier molecular flexibility index (Phi) is 4.20. The molecular weight excluding hydrogens is 358 g/mol. The number of hydrogen-bond donors (Lipinski definition) is 1. The third-order valence-corrected chi connectivity index (χ3v) is 4.95. The molecule has 0 saturated heterocycles. The molecule has 0 unspecified atom stereocenters. The van der Waals surface area contributed by atoms with Gasteiger partial charge in [-0.25, -0.2) is 13.0 Å². The van der Waals surface area contributed by atoms with Crippen LogP contribution >= 0.6 is 11.6 Å². The Bertz CT molecular complexity index is 1000. The van der Waals surface area contributed by atoms with Crippen LogP contribution in [0, 0.1) is 0 Å². The number of sulfonamides is 1. The maximum absolute atomic E-state index is 12.7. The van der Waals surface area contributed by atoms with Crippen molar-refractivity contribution in [2.75, 3.05) is 18.9 Å². The van der Waals surface area contributed by atoms with Gasteiger partial charge < -0.3 is 9.47 Å². The van der Waals surface area contributed by atoms with Gasteiger partial charge >= 0.3 is 0 Å². The Morgan fingerprint density at radius 3 is 2.58 bits per heavy atom. The molecule has 1 heterocycles. The molecule has 0 bridgehead atoms. The highest BCUT2D eigenvalue weighted by Crippen LogP contribution is 2.37. The molecule has 0 amide bonds. The lowest BCUT2D eigenvalue weighted by molar-refractivity contribution is 0.315. The van der Waals surface area contributed by atoms with Gasteiger partial charge in [0.2, 0.25) is 0 Å². The van der Waals surface area contributed by atoms with Crippen LogP contribution in [0.15, 0.2) is 39.9 Å². The number of aromatic nitrogens is 2. The van der Waals surface area contributed by atoms with Gasteiger partial charge in [-0.3, -0.25) is 4.72 Å². The number of rotatable bonds is 5. The zero-order valence-electron chi connectivity index (χ0n) is 12.6. The summed E-state index contributed by atoms with van der Waals surface area (Å²) in [5.74, 6) is 0.548. The molecule has 1 aromatic heterocycles. The van der Waals surface area contributed by atoms with Crippen molar-refractivity contribution in [2.45, 2.75) is 4.90 Å². The lowest BCUT2D eigenvalue weighted by Gasteiger charge is -2.14. The van der Waals surface area contributed by atoms with Crippen molar-refractivity contribution in [3.05, 3.63) is 35.4 Å². The second-order valence-corrected chi connectivity index (χ2v) is 6.74. The number of hydrogen-bond acceptors (Lipinski definition) is 7. The summed E-state index contributed by atoms with van der Waals surface area (Å²) >= 11 is 6.02. The van der Waals surface area contributed by atoms with Crippen molar-refractivity contribution in [2.24, 2.45) is 0 Å². The summed E-state index contributed by atoms with van der Waals surface area (Å²) in [6.07, 6.45) is 0. The minimum atomic E-state index is -3.97.